The monoisotopic (exact) mass is 1090 g/mol. The van der Waals surface area contributed by atoms with Crippen molar-refractivity contribution in [2.75, 3.05) is 68.8 Å². The molecule has 1 aliphatic heterocycles. The van der Waals surface area contributed by atoms with E-state index >= 15 is 0 Å². The van der Waals surface area contributed by atoms with Gasteiger partial charge in [-0.15, -0.1) is 0 Å². The van der Waals surface area contributed by atoms with E-state index < -0.39 is 97.1 Å². The first kappa shape index (κ1) is 68.4. The Hall–Kier alpha value is -4.73. The fourth-order valence-corrected chi connectivity index (χ4v) is 10.2. The molecular formula is C57H98N6O14. The van der Waals surface area contributed by atoms with E-state index in [-0.39, 0.29) is 79.8 Å². The maximum Gasteiger partial charge on any atom is 0.326 e. The van der Waals surface area contributed by atoms with E-state index in [1.807, 2.05) is 87.4 Å². The molecule has 77 heavy (non-hydrogen) atoms. The first-order valence-corrected chi connectivity index (χ1v) is 27.5. The van der Waals surface area contributed by atoms with Gasteiger partial charge in [0.2, 0.25) is 29.5 Å². The minimum Gasteiger partial charge on any atom is -0.460 e. The van der Waals surface area contributed by atoms with Crippen LogP contribution in [0.5, 0.6) is 0 Å². The third-order valence-corrected chi connectivity index (χ3v) is 14.4. The van der Waals surface area contributed by atoms with Crippen LogP contribution < -0.4 is 16.0 Å². The van der Waals surface area contributed by atoms with Crippen molar-refractivity contribution in [3.8, 4) is 0 Å². The predicted octanol–water partition coefficient (Wildman–Crippen LogP) is 5.04. The summed E-state index contributed by atoms with van der Waals surface area (Å²) in [7, 11) is 9.84. The molecular weight excluding hydrogens is 993 g/mol. The van der Waals surface area contributed by atoms with Crippen LogP contribution in [-0.2, 0) is 62.0 Å². The summed E-state index contributed by atoms with van der Waals surface area (Å²) in [5, 5.41) is 18.3. The molecule has 0 radical (unpaired) electrons. The number of likely N-dealkylation sites (N-methyl/N-ethyl adjacent to an activating group) is 2. The molecule has 12 atom stereocenters. The van der Waals surface area contributed by atoms with Crippen LogP contribution in [-0.4, -0.2) is 185 Å². The SMILES string of the molecule is CC[C@H](C)C([C@@H](CC(=O)N1CCC[C@H]1[C@H](OC)[C@@H](C)C(=O)N[C@H](C)C(OC(=O)CNC(=O)CCCC(=O)OCC(OC)OC(CO)CC(C)(C)C)c1ccccc1)OC)N(C)C(=O)C(NC(=O)[C@H](C(C)C)N(C)C)C(C)C. The number of nitrogens with zero attached hydrogens (tertiary/aromatic N) is 3. The first-order chi connectivity index (χ1) is 36.2. The smallest absolute Gasteiger partial charge is 0.326 e. The highest BCUT2D eigenvalue weighted by Crippen LogP contribution is 2.31. The van der Waals surface area contributed by atoms with Crippen LogP contribution >= 0.6 is 0 Å². The standard InChI is InChI=1S/C57H98N6O14/c1-18-37(6)51(62(14)56(71)49(35(2)3)60-55(70)50(36(4)5)61(12)13)43(72-15)30-45(66)63-29-23-26-42(63)52(74-17)38(7)54(69)59-39(8)53(40-24-20-19-21-25-40)77-47(68)32-58-44(65)27-22-28-46(67)75-34-48(73-16)76-41(33-64)31-57(9,10)11/h19-21,24-25,35-39,41-43,48-53,64H,18,22-23,26-34H2,1-17H3,(H,58,65)(H,59,69)(H,60,70)/t37-,38+,39+,41?,42-,43+,48?,49?,50-,51?,52+,53?/m0/s1. The van der Waals surface area contributed by atoms with Gasteiger partial charge in [0, 0.05) is 47.8 Å². The molecule has 5 unspecified atom stereocenters. The third kappa shape index (κ3) is 22.1. The van der Waals surface area contributed by atoms with Crippen molar-refractivity contribution in [1.82, 2.24) is 30.7 Å². The molecule has 4 N–H and O–H groups in total. The topological polar surface area (TPSA) is 241 Å². The van der Waals surface area contributed by atoms with Crippen molar-refractivity contribution in [2.24, 2.45) is 29.1 Å². The van der Waals surface area contributed by atoms with Crippen LogP contribution in [0.4, 0.5) is 0 Å². The molecule has 1 aromatic rings. The van der Waals surface area contributed by atoms with Crippen molar-refractivity contribution >= 4 is 41.5 Å². The predicted molar refractivity (Wildman–Crippen MR) is 293 cm³/mol. The van der Waals surface area contributed by atoms with E-state index in [4.69, 9.17) is 28.4 Å². The molecule has 20 nitrogen and oxygen atoms in total. The largest absolute Gasteiger partial charge is 0.460 e. The van der Waals surface area contributed by atoms with Crippen LogP contribution in [0.25, 0.3) is 0 Å². The molecule has 20 heteroatoms. The van der Waals surface area contributed by atoms with Crippen LogP contribution in [0.15, 0.2) is 30.3 Å². The van der Waals surface area contributed by atoms with Crippen LogP contribution in [0, 0.1) is 29.1 Å². The zero-order valence-corrected chi connectivity index (χ0v) is 49.6. The molecule has 1 fully saturated rings. The van der Waals surface area contributed by atoms with Gasteiger partial charge in [-0.3, -0.25) is 38.5 Å². The van der Waals surface area contributed by atoms with Gasteiger partial charge >= 0.3 is 11.9 Å². The number of hydrogen-bond acceptors (Lipinski definition) is 15. The zero-order chi connectivity index (χ0) is 58.3. The summed E-state index contributed by atoms with van der Waals surface area (Å²) in [4.78, 5) is 100. The maximum absolute atomic E-state index is 14.5. The van der Waals surface area contributed by atoms with E-state index in [9.17, 15) is 38.7 Å². The number of likely N-dealkylation sites (tertiary alicyclic amines) is 1. The number of methoxy groups -OCH3 is 3. The molecule has 1 aromatic carbocycles. The summed E-state index contributed by atoms with van der Waals surface area (Å²) < 4.78 is 34.3. The Labute approximate surface area is 460 Å². The first-order valence-electron chi connectivity index (χ1n) is 27.5. The van der Waals surface area contributed by atoms with Crippen LogP contribution in [0.2, 0.25) is 0 Å². The Bertz CT molecular complexity index is 1980. The number of hydrogen-bond donors (Lipinski definition) is 4. The Morgan fingerprint density at radius 2 is 1.48 bits per heavy atom. The minimum atomic E-state index is -0.949. The minimum absolute atomic E-state index is 0.00956. The van der Waals surface area contributed by atoms with Gasteiger partial charge < -0.3 is 59.3 Å². The number of benzene rings is 1. The van der Waals surface area contributed by atoms with Gasteiger partial charge in [0.05, 0.1) is 61.4 Å². The number of carbonyl (C=O) groups excluding carboxylic acids is 7. The van der Waals surface area contributed by atoms with E-state index in [1.54, 1.807) is 55.0 Å². The Kier molecular flexibility index (Phi) is 29.9. The molecule has 2 rings (SSSR count). The highest BCUT2D eigenvalue weighted by Gasteiger charge is 2.44. The maximum atomic E-state index is 14.5. The zero-order valence-electron chi connectivity index (χ0n) is 49.6. The highest BCUT2D eigenvalue weighted by atomic mass is 16.7. The van der Waals surface area contributed by atoms with Crippen LogP contribution in [0.3, 0.4) is 0 Å². The summed E-state index contributed by atoms with van der Waals surface area (Å²) in [5.41, 5.74) is 0.501. The number of rotatable bonds is 34. The average molecular weight is 1090 g/mol. The molecule has 0 saturated carbocycles. The van der Waals surface area contributed by atoms with Gasteiger partial charge in [0.1, 0.15) is 25.3 Å². The van der Waals surface area contributed by atoms with Crippen LogP contribution in [0.1, 0.15) is 139 Å². The van der Waals surface area contributed by atoms with Crippen molar-refractivity contribution in [1.29, 1.82) is 0 Å². The fraction of sp³-hybridized carbons (Fsp3) is 0.772. The van der Waals surface area contributed by atoms with Crippen molar-refractivity contribution in [3.05, 3.63) is 35.9 Å². The van der Waals surface area contributed by atoms with Gasteiger partial charge in [-0.2, -0.15) is 0 Å². The molecule has 1 heterocycles. The second-order valence-corrected chi connectivity index (χ2v) is 22.8. The van der Waals surface area contributed by atoms with E-state index in [1.165, 1.54) is 21.3 Å². The molecule has 5 amide bonds. The summed E-state index contributed by atoms with van der Waals surface area (Å²) in [6.07, 6.45) is -1.26. The highest BCUT2D eigenvalue weighted by molar-refractivity contribution is 5.90. The Morgan fingerprint density at radius 1 is 0.831 bits per heavy atom. The number of ether oxygens (including phenoxy) is 6. The van der Waals surface area contributed by atoms with Gasteiger partial charge in [0.25, 0.3) is 0 Å². The lowest BCUT2D eigenvalue weighted by Gasteiger charge is -2.41. The Morgan fingerprint density at radius 3 is 2.01 bits per heavy atom. The summed E-state index contributed by atoms with van der Waals surface area (Å²) in [6, 6.07) is 5.92. The fourth-order valence-electron chi connectivity index (χ4n) is 10.2. The number of carbonyl (C=O) groups is 7. The van der Waals surface area contributed by atoms with Gasteiger partial charge in [0.15, 0.2) is 6.29 Å². The number of esters is 2. The second kappa shape index (κ2) is 33.6. The lowest BCUT2D eigenvalue weighted by molar-refractivity contribution is -0.198. The van der Waals surface area contributed by atoms with Crippen molar-refractivity contribution in [3.63, 3.8) is 0 Å². The number of amides is 5. The normalized spacial score (nSPS) is 18.2. The molecule has 0 spiro atoms. The molecule has 1 aliphatic rings. The second-order valence-electron chi connectivity index (χ2n) is 22.8. The van der Waals surface area contributed by atoms with Crippen molar-refractivity contribution in [2.45, 2.75) is 188 Å². The van der Waals surface area contributed by atoms with E-state index in [0.29, 0.717) is 37.8 Å². The van der Waals surface area contributed by atoms with Gasteiger partial charge in [-0.05, 0) is 75.4 Å². The van der Waals surface area contributed by atoms with E-state index in [2.05, 4.69) is 16.0 Å². The Balaban J connectivity index is 2.12. The average Bonchev–Trinajstić information content (AvgIpc) is 3.86. The summed E-state index contributed by atoms with van der Waals surface area (Å²) in [6.45, 7) is 20.8. The summed E-state index contributed by atoms with van der Waals surface area (Å²) >= 11 is 0. The lowest BCUT2D eigenvalue weighted by atomic mass is 9.89. The molecule has 0 aliphatic carbocycles. The van der Waals surface area contributed by atoms with Crippen molar-refractivity contribution < 1.29 is 67.1 Å². The number of nitrogens with one attached hydrogen (secondary N) is 3. The van der Waals surface area contributed by atoms with E-state index in [0.717, 1.165) is 0 Å². The van der Waals surface area contributed by atoms with Gasteiger partial charge in [-0.25, -0.2) is 0 Å². The van der Waals surface area contributed by atoms with Gasteiger partial charge in [-0.1, -0.05) is 106 Å². The summed E-state index contributed by atoms with van der Waals surface area (Å²) in [5.74, 6) is -3.96. The molecule has 440 valence electrons. The molecule has 1 saturated heterocycles. The third-order valence-electron chi connectivity index (χ3n) is 14.4. The quantitative estimate of drug-likeness (QED) is 0.0522. The number of aliphatic hydroxyl groups excluding tert-OH is 1. The molecule has 0 bridgehead atoms. The molecule has 0 aromatic heterocycles. The lowest BCUT2D eigenvalue weighted by Crippen LogP contribution is -2.59. The number of aliphatic hydroxyl groups is 1.